The first-order valence-corrected chi connectivity index (χ1v) is 7.01. The number of hydrogen-bond acceptors (Lipinski definition) is 3. The Morgan fingerprint density at radius 1 is 1.05 bits per heavy atom. The molecule has 4 heteroatoms. The van der Waals surface area contributed by atoms with Gasteiger partial charge in [-0.05, 0) is 58.1 Å². The fourth-order valence-electron chi connectivity index (χ4n) is 2.83. The summed E-state index contributed by atoms with van der Waals surface area (Å²) in [6.07, 6.45) is 3.14. The molecule has 0 bridgehead atoms. The second-order valence-corrected chi connectivity index (χ2v) is 6.58. The van der Waals surface area contributed by atoms with Gasteiger partial charge in [0.1, 0.15) is 5.75 Å². The quantitative estimate of drug-likeness (QED) is 0.786. The Morgan fingerprint density at radius 2 is 1.68 bits per heavy atom. The number of hydrogen-bond donors (Lipinski definition) is 1. The van der Waals surface area contributed by atoms with Gasteiger partial charge in [-0.15, -0.1) is 0 Å². The second kappa shape index (κ2) is 4.00. The van der Waals surface area contributed by atoms with Crippen LogP contribution < -0.4 is 5.46 Å². The zero-order chi connectivity index (χ0) is 13.8. The first kappa shape index (κ1) is 13.0. The molecule has 1 saturated heterocycles. The minimum Gasteiger partial charge on any atom is -0.508 e. The molecule has 1 fully saturated rings. The van der Waals surface area contributed by atoms with Crippen molar-refractivity contribution in [2.45, 2.75) is 58.2 Å². The highest BCUT2D eigenvalue weighted by Crippen LogP contribution is 2.38. The topological polar surface area (TPSA) is 38.7 Å². The summed E-state index contributed by atoms with van der Waals surface area (Å²) < 4.78 is 12.0. The zero-order valence-electron chi connectivity index (χ0n) is 12.1. The minimum absolute atomic E-state index is 0.369. The van der Waals surface area contributed by atoms with Gasteiger partial charge in [0.25, 0.3) is 0 Å². The predicted octanol–water partition coefficient (Wildman–Crippen LogP) is 2.18. The number of aromatic hydroxyl groups is 1. The van der Waals surface area contributed by atoms with Crippen molar-refractivity contribution in [1.29, 1.82) is 0 Å². The molecule has 19 heavy (non-hydrogen) atoms. The third kappa shape index (κ3) is 1.89. The van der Waals surface area contributed by atoms with Gasteiger partial charge in [-0.1, -0.05) is 12.1 Å². The summed E-state index contributed by atoms with van der Waals surface area (Å²) >= 11 is 0. The molecule has 1 aromatic rings. The molecule has 1 heterocycles. The molecule has 0 radical (unpaired) electrons. The van der Waals surface area contributed by atoms with Crippen LogP contribution in [0.3, 0.4) is 0 Å². The molecule has 0 unspecified atom stereocenters. The van der Waals surface area contributed by atoms with Crippen molar-refractivity contribution in [3.8, 4) is 5.75 Å². The molecule has 102 valence electrons. The normalized spacial score (nSPS) is 23.7. The van der Waals surface area contributed by atoms with Crippen molar-refractivity contribution < 1.29 is 14.4 Å². The van der Waals surface area contributed by atoms with Crippen LogP contribution in [0.1, 0.15) is 45.2 Å². The van der Waals surface area contributed by atoms with Crippen molar-refractivity contribution in [2.75, 3.05) is 0 Å². The molecule has 3 rings (SSSR count). The van der Waals surface area contributed by atoms with E-state index in [4.69, 9.17) is 9.31 Å². The van der Waals surface area contributed by atoms with Gasteiger partial charge in [0.2, 0.25) is 0 Å². The van der Waals surface area contributed by atoms with Crippen molar-refractivity contribution in [3.63, 3.8) is 0 Å². The molecule has 1 N–H and O–H groups in total. The first-order chi connectivity index (χ1) is 8.82. The highest BCUT2D eigenvalue weighted by molar-refractivity contribution is 6.63. The van der Waals surface area contributed by atoms with Gasteiger partial charge in [-0.3, -0.25) is 0 Å². The van der Waals surface area contributed by atoms with E-state index in [0.717, 1.165) is 30.3 Å². The molecule has 1 aliphatic carbocycles. The van der Waals surface area contributed by atoms with Gasteiger partial charge in [0, 0.05) is 5.46 Å². The maximum Gasteiger partial charge on any atom is 0.498 e. The minimum atomic E-state index is -0.476. The fraction of sp³-hybridized carbons (Fsp3) is 0.600. The van der Waals surface area contributed by atoms with E-state index in [1.165, 1.54) is 5.56 Å². The summed E-state index contributed by atoms with van der Waals surface area (Å²) in [4.78, 5) is 0. The van der Waals surface area contributed by atoms with Crippen LogP contribution in [0.4, 0.5) is 0 Å². The van der Waals surface area contributed by atoms with Crippen LogP contribution in [0.2, 0.25) is 0 Å². The van der Waals surface area contributed by atoms with Crippen LogP contribution in [-0.2, 0) is 22.2 Å². The molecule has 0 atom stereocenters. The lowest BCUT2D eigenvalue weighted by molar-refractivity contribution is 0.00578. The van der Waals surface area contributed by atoms with E-state index in [2.05, 4.69) is 6.07 Å². The van der Waals surface area contributed by atoms with Crippen LogP contribution in [0.15, 0.2) is 12.1 Å². The highest BCUT2D eigenvalue weighted by Gasteiger charge is 2.52. The smallest absolute Gasteiger partial charge is 0.498 e. The number of aryl methyl sites for hydroxylation is 1. The first-order valence-electron chi connectivity index (χ1n) is 7.01. The Hall–Kier alpha value is -0.995. The highest BCUT2D eigenvalue weighted by atomic mass is 16.7. The maximum atomic E-state index is 10.5. The van der Waals surface area contributed by atoms with Crippen LogP contribution in [0.5, 0.6) is 5.75 Å². The molecule has 1 aromatic carbocycles. The van der Waals surface area contributed by atoms with Crippen molar-refractivity contribution in [2.24, 2.45) is 0 Å². The monoisotopic (exact) mass is 260 g/mol. The Kier molecular flexibility index (Phi) is 2.74. The van der Waals surface area contributed by atoms with Crippen molar-refractivity contribution in [1.82, 2.24) is 0 Å². The number of phenolic OH excluding ortho intramolecular Hbond substituents is 1. The van der Waals surface area contributed by atoms with Gasteiger partial charge in [-0.25, -0.2) is 0 Å². The summed E-state index contributed by atoms with van der Waals surface area (Å²) in [6, 6.07) is 4.05. The number of benzene rings is 1. The third-order valence-corrected chi connectivity index (χ3v) is 4.79. The Labute approximate surface area is 115 Å². The largest absolute Gasteiger partial charge is 0.508 e. The molecule has 0 amide bonds. The second-order valence-electron chi connectivity index (χ2n) is 6.58. The average molecular weight is 260 g/mol. The Balaban J connectivity index is 1.97. The van der Waals surface area contributed by atoms with Crippen LogP contribution in [0, 0.1) is 0 Å². The summed E-state index contributed by atoms with van der Waals surface area (Å²) in [5.74, 6) is 0.369. The van der Waals surface area contributed by atoms with Gasteiger partial charge >= 0.3 is 7.12 Å². The van der Waals surface area contributed by atoms with Crippen LogP contribution >= 0.6 is 0 Å². The SMILES string of the molecule is CC1(C)OB(c2ccc3c(c2O)CCC3)OC1(C)C. The number of phenols is 1. The molecule has 0 spiro atoms. The summed E-state index contributed by atoms with van der Waals surface area (Å²) in [5, 5.41) is 10.5. The third-order valence-electron chi connectivity index (χ3n) is 4.79. The van der Waals surface area contributed by atoms with Gasteiger partial charge in [0.05, 0.1) is 11.2 Å². The molecule has 1 aliphatic heterocycles. The van der Waals surface area contributed by atoms with E-state index >= 15 is 0 Å². The zero-order valence-corrected chi connectivity index (χ0v) is 12.1. The lowest BCUT2D eigenvalue weighted by Gasteiger charge is -2.32. The molecule has 0 aromatic heterocycles. The van der Waals surface area contributed by atoms with E-state index in [0.29, 0.717) is 5.75 Å². The molecule has 0 saturated carbocycles. The fourth-order valence-corrected chi connectivity index (χ4v) is 2.83. The molecule has 2 aliphatic rings. The summed E-state index contributed by atoms with van der Waals surface area (Å²) in [6.45, 7) is 8.10. The Bertz CT molecular complexity index is 506. The number of fused-ring (bicyclic) bond motifs is 1. The van der Waals surface area contributed by atoms with E-state index in [1.54, 1.807) is 0 Å². The summed E-state index contributed by atoms with van der Waals surface area (Å²) in [7, 11) is -0.476. The van der Waals surface area contributed by atoms with E-state index in [9.17, 15) is 5.11 Å². The standard InChI is InChI=1S/C15H21BO3/c1-14(2)15(3,4)19-16(18-14)12-9-8-10-6-5-7-11(10)13(12)17/h8-9,17H,5-7H2,1-4H3. The van der Waals surface area contributed by atoms with Crippen LogP contribution in [0.25, 0.3) is 0 Å². The van der Waals surface area contributed by atoms with Gasteiger partial charge in [0.15, 0.2) is 0 Å². The predicted molar refractivity (Wildman–Crippen MR) is 75.8 cm³/mol. The molecular weight excluding hydrogens is 239 g/mol. The summed E-state index contributed by atoms with van der Waals surface area (Å²) in [5.41, 5.74) is 2.36. The van der Waals surface area contributed by atoms with Gasteiger partial charge in [-0.2, -0.15) is 0 Å². The lowest BCUT2D eigenvalue weighted by atomic mass is 9.77. The molecule has 3 nitrogen and oxygen atoms in total. The Morgan fingerprint density at radius 3 is 2.32 bits per heavy atom. The van der Waals surface area contributed by atoms with E-state index < -0.39 is 7.12 Å². The molecular formula is C15H21BO3. The number of rotatable bonds is 1. The van der Waals surface area contributed by atoms with E-state index in [1.807, 2.05) is 33.8 Å². The lowest BCUT2D eigenvalue weighted by Crippen LogP contribution is -2.41. The van der Waals surface area contributed by atoms with Crippen molar-refractivity contribution >= 4 is 12.6 Å². The average Bonchev–Trinajstić information content (AvgIpc) is 2.83. The van der Waals surface area contributed by atoms with Crippen molar-refractivity contribution in [3.05, 3.63) is 23.3 Å². The van der Waals surface area contributed by atoms with Gasteiger partial charge < -0.3 is 14.4 Å². The van der Waals surface area contributed by atoms with Crippen LogP contribution in [-0.4, -0.2) is 23.4 Å². The maximum absolute atomic E-state index is 10.5. The van der Waals surface area contributed by atoms with E-state index in [-0.39, 0.29) is 11.2 Å².